The first-order chi connectivity index (χ1) is 17.3. The van der Waals surface area contributed by atoms with Crippen LogP contribution in [0.1, 0.15) is 0 Å². The van der Waals surface area contributed by atoms with Crippen molar-refractivity contribution in [2.24, 2.45) is 0 Å². The van der Waals surface area contributed by atoms with Gasteiger partial charge >= 0.3 is 0 Å². The lowest BCUT2D eigenvalue weighted by atomic mass is 10.1. The quantitative estimate of drug-likeness (QED) is 0.275. The molecule has 7 rings (SSSR count). The van der Waals surface area contributed by atoms with Gasteiger partial charge in [0, 0.05) is 27.5 Å². The molecule has 2 heterocycles. The van der Waals surface area contributed by atoms with Crippen LogP contribution in [-0.4, -0.2) is 15.0 Å². The Kier molecular flexibility index (Phi) is 4.42. The monoisotopic (exact) mass is 449 g/mol. The first kappa shape index (κ1) is 19.6. The SMILES string of the molecule is c1ccc(-c2nc(-c3ccc4ccccc4c3)nc(-c3ccc4oc5ccccc5c4c3)n2)cc1. The number of rotatable bonds is 3. The number of hydrogen-bond acceptors (Lipinski definition) is 4. The van der Waals surface area contributed by atoms with Crippen molar-refractivity contribution >= 4 is 32.7 Å². The summed E-state index contributed by atoms with van der Waals surface area (Å²) in [5.74, 6) is 1.93. The van der Waals surface area contributed by atoms with Crippen molar-refractivity contribution in [3.63, 3.8) is 0 Å². The normalized spacial score (nSPS) is 11.4. The summed E-state index contributed by atoms with van der Waals surface area (Å²) in [6, 6.07) is 38.9. The van der Waals surface area contributed by atoms with Gasteiger partial charge in [0.15, 0.2) is 17.5 Å². The van der Waals surface area contributed by atoms with Gasteiger partial charge in [-0.25, -0.2) is 15.0 Å². The van der Waals surface area contributed by atoms with Crippen LogP contribution >= 0.6 is 0 Å². The number of benzene rings is 5. The van der Waals surface area contributed by atoms with Crippen LogP contribution in [0.4, 0.5) is 0 Å². The molecule has 4 nitrogen and oxygen atoms in total. The van der Waals surface area contributed by atoms with E-state index in [1.165, 1.54) is 5.39 Å². The standard InChI is InChI=1S/C31H19N3O/c1-2-9-21(10-3-1)29-32-30(23-15-14-20-8-4-5-11-22(20)18-23)34-31(33-29)24-16-17-28-26(19-24)25-12-6-7-13-27(25)35-28/h1-19H. The molecule has 0 aliphatic rings. The smallest absolute Gasteiger partial charge is 0.164 e. The molecule has 0 saturated carbocycles. The minimum absolute atomic E-state index is 0.634. The van der Waals surface area contributed by atoms with Crippen molar-refractivity contribution in [3.8, 4) is 34.2 Å². The minimum atomic E-state index is 0.634. The maximum Gasteiger partial charge on any atom is 0.164 e. The molecular weight excluding hydrogens is 430 g/mol. The Labute approximate surface area is 201 Å². The molecule has 0 spiro atoms. The average molecular weight is 450 g/mol. The Morgan fingerprint density at radius 3 is 1.83 bits per heavy atom. The zero-order valence-electron chi connectivity index (χ0n) is 18.7. The molecule has 5 aromatic carbocycles. The first-order valence-corrected chi connectivity index (χ1v) is 11.5. The molecule has 4 heteroatoms. The molecule has 0 aliphatic heterocycles. The molecule has 0 aliphatic carbocycles. The van der Waals surface area contributed by atoms with E-state index in [9.17, 15) is 0 Å². The van der Waals surface area contributed by atoms with Gasteiger partial charge in [0.05, 0.1) is 0 Å². The van der Waals surface area contributed by atoms with Gasteiger partial charge in [-0.1, -0.05) is 84.9 Å². The van der Waals surface area contributed by atoms with E-state index in [2.05, 4.69) is 42.5 Å². The minimum Gasteiger partial charge on any atom is -0.456 e. The fourth-order valence-electron chi connectivity index (χ4n) is 4.54. The van der Waals surface area contributed by atoms with Crippen LogP contribution in [0.5, 0.6) is 0 Å². The highest BCUT2D eigenvalue weighted by molar-refractivity contribution is 6.06. The second-order valence-electron chi connectivity index (χ2n) is 8.54. The van der Waals surface area contributed by atoms with Crippen molar-refractivity contribution in [1.29, 1.82) is 0 Å². The summed E-state index contributed by atoms with van der Waals surface area (Å²) < 4.78 is 6.02. The van der Waals surface area contributed by atoms with E-state index in [-0.39, 0.29) is 0 Å². The fraction of sp³-hybridized carbons (Fsp3) is 0. The zero-order chi connectivity index (χ0) is 23.2. The third kappa shape index (κ3) is 3.44. The van der Waals surface area contributed by atoms with Crippen molar-refractivity contribution in [2.45, 2.75) is 0 Å². The van der Waals surface area contributed by atoms with Gasteiger partial charge in [0.2, 0.25) is 0 Å². The zero-order valence-corrected chi connectivity index (χ0v) is 18.7. The average Bonchev–Trinajstić information content (AvgIpc) is 3.31. The third-order valence-electron chi connectivity index (χ3n) is 6.31. The highest BCUT2D eigenvalue weighted by Crippen LogP contribution is 2.33. The molecule has 35 heavy (non-hydrogen) atoms. The van der Waals surface area contributed by atoms with Gasteiger partial charge in [0.25, 0.3) is 0 Å². The van der Waals surface area contributed by atoms with Gasteiger partial charge in [-0.05, 0) is 41.1 Å². The van der Waals surface area contributed by atoms with E-state index < -0.39 is 0 Å². The Morgan fingerprint density at radius 2 is 1.00 bits per heavy atom. The predicted octanol–water partition coefficient (Wildman–Crippen LogP) is 7.93. The van der Waals surface area contributed by atoms with Crippen LogP contribution in [0.2, 0.25) is 0 Å². The molecule has 0 atom stereocenters. The van der Waals surface area contributed by atoms with Crippen molar-refractivity contribution < 1.29 is 4.42 Å². The van der Waals surface area contributed by atoms with Crippen LogP contribution in [0.25, 0.3) is 66.9 Å². The summed E-state index contributed by atoms with van der Waals surface area (Å²) >= 11 is 0. The number of aromatic nitrogens is 3. The third-order valence-corrected chi connectivity index (χ3v) is 6.31. The number of furan rings is 1. The topological polar surface area (TPSA) is 51.8 Å². The Hall–Kier alpha value is -4.83. The fourth-order valence-corrected chi connectivity index (χ4v) is 4.54. The molecule has 0 radical (unpaired) electrons. The maximum absolute atomic E-state index is 6.02. The Balaban J connectivity index is 1.45. The maximum atomic E-state index is 6.02. The van der Waals surface area contributed by atoms with Crippen molar-refractivity contribution in [3.05, 3.63) is 115 Å². The van der Waals surface area contributed by atoms with Crippen LogP contribution in [0, 0.1) is 0 Å². The molecule has 0 N–H and O–H groups in total. The van der Waals surface area contributed by atoms with Crippen LogP contribution in [0.3, 0.4) is 0 Å². The van der Waals surface area contributed by atoms with Crippen LogP contribution in [-0.2, 0) is 0 Å². The van der Waals surface area contributed by atoms with E-state index in [4.69, 9.17) is 19.4 Å². The highest BCUT2D eigenvalue weighted by Gasteiger charge is 2.14. The first-order valence-electron chi connectivity index (χ1n) is 11.5. The lowest BCUT2D eigenvalue weighted by molar-refractivity contribution is 0.669. The number of para-hydroxylation sites is 1. The Morgan fingerprint density at radius 1 is 0.400 bits per heavy atom. The number of nitrogens with zero attached hydrogens (tertiary/aromatic N) is 3. The molecule has 2 aromatic heterocycles. The molecule has 0 amide bonds. The second-order valence-corrected chi connectivity index (χ2v) is 8.54. The Bertz CT molecular complexity index is 1850. The van der Waals surface area contributed by atoms with Gasteiger partial charge in [-0.2, -0.15) is 0 Å². The van der Waals surface area contributed by atoms with E-state index in [0.29, 0.717) is 17.5 Å². The van der Waals surface area contributed by atoms with E-state index in [1.807, 2.05) is 72.8 Å². The van der Waals surface area contributed by atoms with Gasteiger partial charge in [0.1, 0.15) is 11.2 Å². The highest BCUT2D eigenvalue weighted by atomic mass is 16.3. The summed E-state index contributed by atoms with van der Waals surface area (Å²) in [6.45, 7) is 0. The molecular formula is C31H19N3O. The summed E-state index contributed by atoms with van der Waals surface area (Å²) in [5, 5.41) is 4.47. The second kappa shape index (κ2) is 7.89. The lowest BCUT2D eigenvalue weighted by Crippen LogP contribution is -2.00. The summed E-state index contributed by atoms with van der Waals surface area (Å²) in [5.41, 5.74) is 4.55. The van der Waals surface area contributed by atoms with Crippen LogP contribution < -0.4 is 0 Å². The van der Waals surface area contributed by atoms with E-state index in [0.717, 1.165) is 44.0 Å². The lowest BCUT2D eigenvalue weighted by Gasteiger charge is -2.09. The van der Waals surface area contributed by atoms with Crippen LogP contribution in [0.15, 0.2) is 120 Å². The van der Waals surface area contributed by atoms with E-state index >= 15 is 0 Å². The summed E-state index contributed by atoms with van der Waals surface area (Å²) in [4.78, 5) is 14.7. The molecule has 0 fully saturated rings. The summed E-state index contributed by atoms with van der Waals surface area (Å²) in [7, 11) is 0. The molecule has 0 bridgehead atoms. The number of fused-ring (bicyclic) bond motifs is 4. The van der Waals surface area contributed by atoms with Crippen molar-refractivity contribution in [2.75, 3.05) is 0 Å². The number of hydrogen-bond donors (Lipinski definition) is 0. The molecule has 0 unspecified atom stereocenters. The predicted molar refractivity (Wildman–Crippen MR) is 141 cm³/mol. The molecule has 7 aromatic rings. The van der Waals surface area contributed by atoms with Gasteiger partial charge in [-0.3, -0.25) is 0 Å². The van der Waals surface area contributed by atoms with E-state index in [1.54, 1.807) is 0 Å². The largest absolute Gasteiger partial charge is 0.456 e. The van der Waals surface area contributed by atoms with Crippen molar-refractivity contribution in [1.82, 2.24) is 15.0 Å². The molecule has 0 saturated heterocycles. The summed E-state index contributed by atoms with van der Waals surface area (Å²) in [6.07, 6.45) is 0. The van der Waals surface area contributed by atoms with Gasteiger partial charge in [-0.15, -0.1) is 0 Å². The molecule has 164 valence electrons. The van der Waals surface area contributed by atoms with Gasteiger partial charge < -0.3 is 4.42 Å².